The molecule has 0 bridgehead atoms. The van der Waals surface area contributed by atoms with Crippen molar-refractivity contribution in [1.29, 1.82) is 0 Å². The third kappa shape index (κ3) is 3.22. The number of hydrogen-bond donors (Lipinski definition) is 1. The third-order valence-electron chi connectivity index (χ3n) is 2.79. The molecule has 1 rings (SSSR count). The molecule has 2 N–H and O–H groups in total. The van der Waals surface area contributed by atoms with Gasteiger partial charge in [-0.25, -0.2) is 0 Å². The SMILES string of the molecule is Cc1nn(CC(=O)N(C)CC(C)C)c(C)c1N. The van der Waals surface area contributed by atoms with Crippen molar-refractivity contribution >= 4 is 11.6 Å². The largest absolute Gasteiger partial charge is 0.396 e. The molecule has 17 heavy (non-hydrogen) atoms. The molecule has 0 aliphatic carbocycles. The van der Waals surface area contributed by atoms with Crippen LogP contribution in [0.2, 0.25) is 0 Å². The van der Waals surface area contributed by atoms with E-state index < -0.39 is 0 Å². The van der Waals surface area contributed by atoms with Gasteiger partial charge in [0.2, 0.25) is 5.91 Å². The fourth-order valence-corrected chi connectivity index (χ4v) is 1.76. The molecule has 0 saturated heterocycles. The lowest BCUT2D eigenvalue weighted by atomic mass is 10.2. The Morgan fingerprint density at radius 1 is 1.47 bits per heavy atom. The predicted octanol–water partition coefficient (Wildman–Crippen LogP) is 1.20. The topological polar surface area (TPSA) is 64.2 Å². The number of aromatic nitrogens is 2. The molecule has 0 fully saturated rings. The summed E-state index contributed by atoms with van der Waals surface area (Å²) in [7, 11) is 1.82. The molecule has 1 heterocycles. The number of nitrogen functional groups attached to an aromatic ring is 1. The number of carbonyl (C=O) groups excluding carboxylic acids is 1. The summed E-state index contributed by atoms with van der Waals surface area (Å²) in [5, 5.41) is 4.26. The molecule has 0 atom stereocenters. The van der Waals surface area contributed by atoms with E-state index in [0.29, 0.717) is 11.6 Å². The van der Waals surface area contributed by atoms with E-state index in [-0.39, 0.29) is 12.5 Å². The number of anilines is 1. The Labute approximate surface area is 103 Å². The molecule has 1 aromatic rings. The lowest BCUT2D eigenvalue weighted by molar-refractivity contribution is -0.131. The van der Waals surface area contributed by atoms with Gasteiger partial charge in [-0.2, -0.15) is 5.10 Å². The minimum absolute atomic E-state index is 0.0595. The zero-order valence-corrected chi connectivity index (χ0v) is 11.3. The molecule has 5 heteroatoms. The van der Waals surface area contributed by atoms with Crippen molar-refractivity contribution in [2.75, 3.05) is 19.3 Å². The van der Waals surface area contributed by atoms with Gasteiger partial charge in [-0.05, 0) is 19.8 Å². The average molecular weight is 238 g/mol. The number of hydrogen-bond acceptors (Lipinski definition) is 3. The molecule has 0 aliphatic heterocycles. The minimum atomic E-state index is 0.0595. The average Bonchev–Trinajstić information content (AvgIpc) is 2.45. The standard InChI is InChI=1S/C12H22N4O/c1-8(2)6-15(5)11(17)7-16-10(4)12(13)9(3)14-16/h8H,6-7,13H2,1-5H3. The Bertz CT molecular complexity index is 409. The van der Waals surface area contributed by atoms with Crippen LogP contribution in [-0.2, 0) is 11.3 Å². The highest BCUT2D eigenvalue weighted by molar-refractivity contribution is 5.75. The van der Waals surface area contributed by atoms with E-state index in [2.05, 4.69) is 18.9 Å². The van der Waals surface area contributed by atoms with Crippen molar-refractivity contribution in [1.82, 2.24) is 14.7 Å². The van der Waals surface area contributed by atoms with Crippen LogP contribution in [0.1, 0.15) is 25.2 Å². The number of carbonyl (C=O) groups is 1. The van der Waals surface area contributed by atoms with Gasteiger partial charge in [0.25, 0.3) is 0 Å². The first-order valence-electron chi connectivity index (χ1n) is 5.86. The van der Waals surface area contributed by atoms with Crippen molar-refractivity contribution in [2.45, 2.75) is 34.2 Å². The van der Waals surface area contributed by atoms with Crippen LogP contribution in [0.15, 0.2) is 0 Å². The zero-order valence-electron chi connectivity index (χ0n) is 11.3. The van der Waals surface area contributed by atoms with E-state index in [4.69, 9.17) is 5.73 Å². The maximum atomic E-state index is 11.9. The third-order valence-corrected chi connectivity index (χ3v) is 2.79. The zero-order chi connectivity index (χ0) is 13.2. The minimum Gasteiger partial charge on any atom is -0.396 e. The van der Waals surface area contributed by atoms with E-state index in [0.717, 1.165) is 17.9 Å². The van der Waals surface area contributed by atoms with Crippen molar-refractivity contribution < 1.29 is 4.79 Å². The van der Waals surface area contributed by atoms with Crippen LogP contribution >= 0.6 is 0 Å². The summed E-state index contributed by atoms with van der Waals surface area (Å²) in [4.78, 5) is 13.7. The van der Waals surface area contributed by atoms with Crippen molar-refractivity contribution in [2.24, 2.45) is 5.92 Å². The van der Waals surface area contributed by atoms with E-state index in [1.165, 1.54) is 0 Å². The fourth-order valence-electron chi connectivity index (χ4n) is 1.76. The molecular weight excluding hydrogens is 216 g/mol. The maximum absolute atomic E-state index is 11.9. The summed E-state index contributed by atoms with van der Waals surface area (Å²) in [5.74, 6) is 0.527. The van der Waals surface area contributed by atoms with Crippen LogP contribution < -0.4 is 5.73 Å². The van der Waals surface area contributed by atoms with Gasteiger partial charge >= 0.3 is 0 Å². The van der Waals surface area contributed by atoms with Crippen LogP contribution in [0, 0.1) is 19.8 Å². The summed E-state index contributed by atoms with van der Waals surface area (Å²) in [6.07, 6.45) is 0. The fraction of sp³-hybridized carbons (Fsp3) is 0.667. The van der Waals surface area contributed by atoms with Gasteiger partial charge < -0.3 is 10.6 Å². The molecule has 0 saturated carbocycles. The number of nitrogens with two attached hydrogens (primary N) is 1. The molecule has 1 amide bonds. The monoisotopic (exact) mass is 238 g/mol. The van der Waals surface area contributed by atoms with Crippen LogP contribution in [0.3, 0.4) is 0 Å². The Kier molecular flexibility index (Phi) is 4.15. The van der Waals surface area contributed by atoms with Gasteiger partial charge in [0, 0.05) is 13.6 Å². The highest BCUT2D eigenvalue weighted by Crippen LogP contribution is 2.14. The summed E-state index contributed by atoms with van der Waals surface area (Å²) in [6, 6.07) is 0. The van der Waals surface area contributed by atoms with E-state index in [1.807, 2.05) is 20.9 Å². The van der Waals surface area contributed by atoms with Crippen molar-refractivity contribution in [3.8, 4) is 0 Å². The molecule has 5 nitrogen and oxygen atoms in total. The van der Waals surface area contributed by atoms with Gasteiger partial charge in [0.05, 0.1) is 17.1 Å². The molecule has 0 spiro atoms. The van der Waals surface area contributed by atoms with Crippen molar-refractivity contribution in [3.05, 3.63) is 11.4 Å². The van der Waals surface area contributed by atoms with Gasteiger partial charge in [-0.1, -0.05) is 13.8 Å². The van der Waals surface area contributed by atoms with Gasteiger partial charge in [-0.3, -0.25) is 9.48 Å². The molecule has 0 aromatic carbocycles. The molecule has 1 aromatic heterocycles. The van der Waals surface area contributed by atoms with Crippen LogP contribution in [0.4, 0.5) is 5.69 Å². The predicted molar refractivity (Wildman–Crippen MR) is 68.6 cm³/mol. The van der Waals surface area contributed by atoms with E-state index in [1.54, 1.807) is 9.58 Å². The van der Waals surface area contributed by atoms with Gasteiger partial charge in [0.1, 0.15) is 6.54 Å². The van der Waals surface area contributed by atoms with Crippen LogP contribution in [0.5, 0.6) is 0 Å². The Hall–Kier alpha value is -1.52. The Morgan fingerprint density at radius 2 is 2.06 bits per heavy atom. The summed E-state index contributed by atoms with van der Waals surface area (Å²) in [6.45, 7) is 8.92. The number of rotatable bonds is 4. The van der Waals surface area contributed by atoms with Crippen LogP contribution in [0.25, 0.3) is 0 Å². The number of likely N-dealkylation sites (N-methyl/N-ethyl adjacent to an activating group) is 1. The second-order valence-electron chi connectivity index (χ2n) is 4.91. The summed E-state index contributed by atoms with van der Waals surface area (Å²) >= 11 is 0. The highest BCUT2D eigenvalue weighted by atomic mass is 16.2. The first kappa shape index (κ1) is 13.5. The molecule has 0 unspecified atom stereocenters. The van der Waals surface area contributed by atoms with Crippen LogP contribution in [-0.4, -0.2) is 34.2 Å². The summed E-state index contributed by atoms with van der Waals surface area (Å²) in [5.41, 5.74) is 8.13. The van der Waals surface area contributed by atoms with E-state index >= 15 is 0 Å². The van der Waals surface area contributed by atoms with Crippen molar-refractivity contribution in [3.63, 3.8) is 0 Å². The van der Waals surface area contributed by atoms with E-state index in [9.17, 15) is 4.79 Å². The molecule has 0 radical (unpaired) electrons. The second kappa shape index (κ2) is 5.21. The smallest absolute Gasteiger partial charge is 0.244 e. The number of amides is 1. The molecule has 0 aliphatic rings. The quantitative estimate of drug-likeness (QED) is 0.857. The number of aryl methyl sites for hydroxylation is 1. The first-order chi connectivity index (χ1) is 7.82. The lowest BCUT2D eigenvalue weighted by Crippen LogP contribution is -2.33. The number of nitrogens with zero attached hydrogens (tertiary/aromatic N) is 3. The molecular formula is C12H22N4O. The first-order valence-corrected chi connectivity index (χ1v) is 5.86. The Morgan fingerprint density at radius 3 is 2.47 bits per heavy atom. The second-order valence-corrected chi connectivity index (χ2v) is 4.91. The summed E-state index contributed by atoms with van der Waals surface area (Å²) < 4.78 is 1.67. The van der Waals surface area contributed by atoms with Gasteiger partial charge in [-0.15, -0.1) is 0 Å². The Balaban J connectivity index is 2.71. The lowest BCUT2D eigenvalue weighted by Gasteiger charge is -2.19. The maximum Gasteiger partial charge on any atom is 0.244 e. The molecule has 96 valence electrons. The highest BCUT2D eigenvalue weighted by Gasteiger charge is 2.14. The van der Waals surface area contributed by atoms with Gasteiger partial charge in [0.15, 0.2) is 0 Å². The normalized spacial score (nSPS) is 10.9.